The van der Waals surface area contributed by atoms with Crippen LogP contribution in [-0.4, -0.2) is 11.5 Å². The largest absolute Gasteiger partial charge is 0.307 e. The maximum absolute atomic E-state index is 12.8. The van der Waals surface area contributed by atoms with Crippen LogP contribution in [-0.2, 0) is 0 Å². The number of hydrogen-bond acceptors (Lipinski definition) is 3. The fourth-order valence-corrected chi connectivity index (χ4v) is 1.18. The minimum Gasteiger partial charge on any atom is -0.307 e. The zero-order valence-electron chi connectivity index (χ0n) is 6.66. The molecule has 1 saturated heterocycles. The lowest BCUT2D eigenvalue weighted by molar-refractivity contribution is -0.387. The number of nitrogens with one attached hydrogen (secondary N) is 1. The van der Waals surface area contributed by atoms with Gasteiger partial charge in [0, 0.05) is 18.7 Å². The van der Waals surface area contributed by atoms with Gasteiger partial charge in [0.2, 0.25) is 5.82 Å². The first kappa shape index (κ1) is 8.12. The Hall–Kier alpha value is -1.49. The minimum atomic E-state index is -0.783. The van der Waals surface area contributed by atoms with E-state index in [9.17, 15) is 14.5 Å². The predicted octanol–water partition coefficient (Wildman–Crippen LogP) is 1.38. The number of rotatable bonds is 2. The van der Waals surface area contributed by atoms with E-state index in [0.29, 0.717) is 0 Å². The van der Waals surface area contributed by atoms with Gasteiger partial charge in [-0.15, -0.1) is 0 Å². The Morgan fingerprint density at radius 1 is 1.62 bits per heavy atom. The van der Waals surface area contributed by atoms with Crippen molar-refractivity contribution in [2.24, 2.45) is 0 Å². The summed E-state index contributed by atoms with van der Waals surface area (Å²) in [6.45, 7) is 0.808. The van der Waals surface area contributed by atoms with Gasteiger partial charge in [-0.2, -0.15) is 4.39 Å². The van der Waals surface area contributed by atoms with Crippen molar-refractivity contribution in [3.8, 4) is 0 Å². The highest BCUT2D eigenvalue weighted by atomic mass is 19.1. The zero-order valence-corrected chi connectivity index (χ0v) is 6.66. The van der Waals surface area contributed by atoms with E-state index in [2.05, 4.69) is 5.32 Å². The lowest BCUT2D eigenvalue weighted by atomic mass is 10.1. The number of nitrogens with zero attached hydrogens (tertiary/aromatic N) is 1. The molecular formula is C8H7FN2O2. The summed E-state index contributed by atoms with van der Waals surface area (Å²) in [6.07, 6.45) is 0. The molecule has 0 radical (unpaired) electrons. The van der Waals surface area contributed by atoms with Gasteiger partial charge >= 0.3 is 5.69 Å². The normalized spacial score (nSPS) is 19.9. The summed E-state index contributed by atoms with van der Waals surface area (Å²) in [7, 11) is 0. The maximum Gasteiger partial charge on any atom is 0.305 e. The Morgan fingerprint density at radius 2 is 2.31 bits per heavy atom. The molecule has 1 N–H and O–H groups in total. The van der Waals surface area contributed by atoms with E-state index in [4.69, 9.17) is 0 Å². The van der Waals surface area contributed by atoms with Gasteiger partial charge < -0.3 is 5.32 Å². The number of nitro groups is 1. The van der Waals surface area contributed by atoms with Crippen LogP contribution in [0.15, 0.2) is 18.2 Å². The second kappa shape index (κ2) is 2.77. The van der Waals surface area contributed by atoms with Crippen molar-refractivity contribution in [1.82, 2.24) is 5.32 Å². The number of hydrogen-bond donors (Lipinski definition) is 1. The molecule has 0 aliphatic carbocycles. The molecule has 5 heteroatoms. The van der Waals surface area contributed by atoms with Crippen LogP contribution < -0.4 is 5.32 Å². The molecular weight excluding hydrogens is 175 g/mol. The average Bonchev–Trinajstić information content (AvgIpc) is 2.87. The number of halogens is 1. The van der Waals surface area contributed by atoms with Crippen molar-refractivity contribution < 1.29 is 9.31 Å². The van der Waals surface area contributed by atoms with Gasteiger partial charge in [0.1, 0.15) is 0 Å². The zero-order chi connectivity index (χ0) is 9.42. The first-order chi connectivity index (χ1) is 6.18. The highest BCUT2D eigenvalue weighted by Gasteiger charge is 2.25. The predicted molar refractivity (Wildman–Crippen MR) is 43.8 cm³/mol. The van der Waals surface area contributed by atoms with Gasteiger partial charge in [-0.3, -0.25) is 10.1 Å². The van der Waals surface area contributed by atoms with Crippen molar-refractivity contribution in [1.29, 1.82) is 0 Å². The summed E-state index contributed by atoms with van der Waals surface area (Å²) in [5.74, 6) is -0.783. The summed E-state index contributed by atoms with van der Waals surface area (Å²) in [5.41, 5.74) is 0.319. The Labute approximate surface area is 73.5 Å². The molecule has 0 spiro atoms. The van der Waals surface area contributed by atoms with Gasteiger partial charge in [-0.05, 0) is 11.6 Å². The van der Waals surface area contributed by atoms with Crippen LogP contribution in [0.25, 0.3) is 0 Å². The molecule has 0 bridgehead atoms. The molecule has 13 heavy (non-hydrogen) atoms. The third-order valence-electron chi connectivity index (χ3n) is 1.98. The molecule has 0 amide bonds. The fourth-order valence-electron chi connectivity index (χ4n) is 1.18. The molecule has 68 valence electrons. The first-order valence-corrected chi connectivity index (χ1v) is 3.85. The van der Waals surface area contributed by atoms with Crippen molar-refractivity contribution in [2.75, 3.05) is 6.54 Å². The second-order valence-electron chi connectivity index (χ2n) is 2.93. The summed E-state index contributed by atoms with van der Waals surface area (Å²) in [6, 6.07) is 4.14. The van der Waals surface area contributed by atoms with E-state index in [0.717, 1.165) is 18.2 Å². The monoisotopic (exact) mass is 182 g/mol. The van der Waals surface area contributed by atoms with Crippen LogP contribution in [0.1, 0.15) is 11.6 Å². The van der Waals surface area contributed by atoms with Crippen molar-refractivity contribution >= 4 is 5.69 Å². The van der Waals surface area contributed by atoms with Crippen LogP contribution in [0.5, 0.6) is 0 Å². The van der Waals surface area contributed by atoms with E-state index >= 15 is 0 Å². The summed E-state index contributed by atoms with van der Waals surface area (Å²) < 4.78 is 12.8. The Kier molecular flexibility index (Phi) is 1.73. The van der Waals surface area contributed by atoms with E-state index < -0.39 is 16.4 Å². The van der Waals surface area contributed by atoms with Crippen LogP contribution in [0.3, 0.4) is 0 Å². The first-order valence-electron chi connectivity index (χ1n) is 3.85. The molecule has 1 heterocycles. The molecule has 4 nitrogen and oxygen atoms in total. The summed E-state index contributed by atoms with van der Waals surface area (Å²) >= 11 is 0. The third-order valence-corrected chi connectivity index (χ3v) is 1.98. The highest BCUT2D eigenvalue weighted by molar-refractivity contribution is 5.38. The minimum absolute atomic E-state index is 0.166. The SMILES string of the molecule is O=[N+]([O-])c1cc([C@H]2CN2)ccc1F. The van der Waals surface area contributed by atoms with Gasteiger partial charge in [0.25, 0.3) is 0 Å². The second-order valence-corrected chi connectivity index (χ2v) is 2.93. The van der Waals surface area contributed by atoms with Crippen molar-refractivity contribution in [2.45, 2.75) is 6.04 Å². The fraction of sp³-hybridized carbons (Fsp3) is 0.250. The van der Waals surface area contributed by atoms with E-state index in [-0.39, 0.29) is 6.04 Å². The highest BCUT2D eigenvalue weighted by Crippen LogP contribution is 2.26. The molecule has 0 saturated carbocycles. The molecule has 2 rings (SSSR count). The van der Waals surface area contributed by atoms with Crippen molar-refractivity contribution in [3.63, 3.8) is 0 Å². The number of nitro benzene ring substituents is 1. The van der Waals surface area contributed by atoms with Gasteiger partial charge in [-0.1, -0.05) is 6.07 Å². The lowest BCUT2D eigenvalue weighted by Crippen LogP contribution is -1.94. The topological polar surface area (TPSA) is 65.1 Å². The summed E-state index contributed by atoms with van der Waals surface area (Å²) in [4.78, 5) is 9.66. The Bertz CT molecular complexity index is 363. The standard InChI is InChI=1S/C8H7FN2O2/c9-6-2-1-5(7-4-10-7)3-8(6)11(12)13/h1-3,7,10H,4H2/t7-/m1/s1. The van der Waals surface area contributed by atoms with Crippen LogP contribution in [0.4, 0.5) is 10.1 Å². The van der Waals surface area contributed by atoms with Crippen LogP contribution >= 0.6 is 0 Å². The van der Waals surface area contributed by atoms with Crippen LogP contribution in [0, 0.1) is 15.9 Å². The molecule has 1 aliphatic rings. The van der Waals surface area contributed by atoms with Gasteiger partial charge in [0.15, 0.2) is 0 Å². The molecule has 1 aromatic carbocycles. The quantitative estimate of drug-likeness (QED) is 0.427. The van der Waals surface area contributed by atoms with E-state index in [1.54, 1.807) is 6.07 Å². The Balaban J connectivity index is 2.41. The molecule has 0 unspecified atom stereocenters. The Morgan fingerprint density at radius 3 is 2.85 bits per heavy atom. The van der Waals surface area contributed by atoms with Crippen LogP contribution in [0.2, 0.25) is 0 Å². The molecule has 1 atom stereocenters. The van der Waals surface area contributed by atoms with E-state index in [1.165, 1.54) is 6.07 Å². The average molecular weight is 182 g/mol. The summed E-state index contributed by atoms with van der Waals surface area (Å²) in [5, 5.41) is 13.4. The smallest absolute Gasteiger partial charge is 0.305 e. The van der Waals surface area contributed by atoms with Gasteiger partial charge in [0.05, 0.1) is 4.92 Å². The number of benzene rings is 1. The maximum atomic E-state index is 12.8. The molecule has 0 aromatic heterocycles. The molecule has 1 fully saturated rings. The lowest BCUT2D eigenvalue weighted by Gasteiger charge is -1.97. The van der Waals surface area contributed by atoms with E-state index in [1.807, 2.05) is 0 Å². The third kappa shape index (κ3) is 1.50. The molecule has 1 aliphatic heterocycles. The molecule has 1 aromatic rings. The van der Waals surface area contributed by atoms with Crippen molar-refractivity contribution in [3.05, 3.63) is 39.7 Å². The van der Waals surface area contributed by atoms with Gasteiger partial charge in [-0.25, -0.2) is 0 Å².